The van der Waals surface area contributed by atoms with Gasteiger partial charge in [-0.3, -0.25) is 0 Å². The molecule has 5 nitrogen and oxygen atoms in total. The smallest absolute Gasteiger partial charge is 0.331 e. The lowest BCUT2D eigenvalue weighted by Gasteiger charge is -2.35. The molecule has 0 atom stereocenters. The zero-order chi connectivity index (χ0) is 13.7. The molecule has 2 fully saturated rings. The maximum Gasteiger partial charge on any atom is 0.331 e. The Hall–Kier alpha value is -1.26. The molecule has 19 heavy (non-hydrogen) atoms. The van der Waals surface area contributed by atoms with Crippen LogP contribution in [0.4, 0.5) is 4.79 Å². The van der Waals surface area contributed by atoms with Crippen molar-refractivity contribution in [3.8, 4) is 0 Å². The highest BCUT2D eigenvalue weighted by molar-refractivity contribution is 5.87. The molecule has 0 aromatic carbocycles. The fourth-order valence-corrected chi connectivity index (χ4v) is 3.24. The number of carbonyl (C=O) groups excluding carboxylic acids is 2. The first-order valence-electron chi connectivity index (χ1n) is 7.33. The summed E-state index contributed by atoms with van der Waals surface area (Å²) in [4.78, 5) is 24.1. The molecule has 2 rings (SSSR count). The van der Waals surface area contributed by atoms with E-state index in [9.17, 15) is 9.59 Å². The third-order valence-electron chi connectivity index (χ3n) is 4.33. The van der Waals surface area contributed by atoms with Gasteiger partial charge in [0.05, 0.1) is 7.11 Å². The maximum absolute atomic E-state index is 12.1. The van der Waals surface area contributed by atoms with Crippen molar-refractivity contribution in [1.29, 1.82) is 0 Å². The van der Waals surface area contributed by atoms with E-state index in [0.29, 0.717) is 12.8 Å². The first-order chi connectivity index (χ1) is 9.16. The van der Waals surface area contributed by atoms with E-state index >= 15 is 0 Å². The van der Waals surface area contributed by atoms with Crippen LogP contribution in [0.2, 0.25) is 0 Å². The molecule has 0 heterocycles. The number of nitrogens with one attached hydrogen (secondary N) is 2. The summed E-state index contributed by atoms with van der Waals surface area (Å²) in [6.07, 6.45) is 8.81. The fourth-order valence-electron chi connectivity index (χ4n) is 3.24. The number of methoxy groups -OCH3 is 1. The SMILES string of the molecule is COC(=O)C1(NC(=O)NC2CCCC2)CCCCC1. The number of amides is 2. The predicted octanol–water partition coefficient (Wildman–Crippen LogP) is 2.10. The molecule has 2 saturated carbocycles. The normalized spacial score (nSPS) is 22.8. The molecule has 108 valence electrons. The highest BCUT2D eigenvalue weighted by atomic mass is 16.5. The van der Waals surface area contributed by atoms with Gasteiger partial charge < -0.3 is 15.4 Å². The number of urea groups is 1. The molecule has 2 aliphatic carbocycles. The number of carbonyl (C=O) groups is 2. The van der Waals surface area contributed by atoms with Crippen LogP contribution in [0.15, 0.2) is 0 Å². The van der Waals surface area contributed by atoms with Crippen molar-refractivity contribution in [3.63, 3.8) is 0 Å². The van der Waals surface area contributed by atoms with Crippen molar-refractivity contribution >= 4 is 12.0 Å². The van der Waals surface area contributed by atoms with E-state index in [0.717, 1.165) is 32.1 Å². The lowest BCUT2D eigenvalue weighted by Crippen LogP contribution is -2.59. The van der Waals surface area contributed by atoms with Gasteiger partial charge in [0, 0.05) is 6.04 Å². The number of ether oxygens (including phenoxy) is 1. The zero-order valence-electron chi connectivity index (χ0n) is 11.7. The average molecular weight is 268 g/mol. The molecule has 0 unspecified atom stereocenters. The summed E-state index contributed by atoms with van der Waals surface area (Å²) < 4.78 is 4.88. The fraction of sp³-hybridized carbons (Fsp3) is 0.857. The summed E-state index contributed by atoms with van der Waals surface area (Å²) in [6, 6.07) is 0.0393. The van der Waals surface area contributed by atoms with Crippen LogP contribution in [0.25, 0.3) is 0 Å². The molecule has 0 aliphatic heterocycles. The van der Waals surface area contributed by atoms with Crippen molar-refractivity contribution in [2.24, 2.45) is 0 Å². The lowest BCUT2D eigenvalue weighted by atomic mass is 9.81. The zero-order valence-corrected chi connectivity index (χ0v) is 11.7. The van der Waals surface area contributed by atoms with Crippen LogP contribution in [-0.2, 0) is 9.53 Å². The Morgan fingerprint density at radius 3 is 2.26 bits per heavy atom. The molecule has 0 radical (unpaired) electrons. The van der Waals surface area contributed by atoms with Crippen LogP contribution in [0, 0.1) is 0 Å². The Bertz CT molecular complexity index is 332. The van der Waals surface area contributed by atoms with Gasteiger partial charge in [0.2, 0.25) is 0 Å². The van der Waals surface area contributed by atoms with E-state index < -0.39 is 5.54 Å². The monoisotopic (exact) mass is 268 g/mol. The summed E-state index contributed by atoms with van der Waals surface area (Å²) in [5.74, 6) is -0.311. The summed E-state index contributed by atoms with van der Waals surface area (Å²) in [5, 5.41) is 5.86. The topological polar surface area (TPSA) is 67.4 Å². The van der Waals surface area contributed by atoms with Gasteiger partial charge in [-0.05, 0) is 25.7 Å². The number of hydrogen-bond donors (Lipinski definition) is 2. The van der Waals surface area contributed by atoms with Crippen molar-refractivity contribution in [2.45, 2.75) is 69.4 Å². The molecule has 0 saturated heterocycles. The van der Waals surface area contributed by atoms with Gasteiger partial charge in [-0.1, -0.05) is 32.1 Å². The molecular weight excluding hydrogens is 244 g/mol. The van der Waals surface area contributed by atoms with Gasteiger partial charge >= 0.3 is 12.0 Å². The largest absolute Gasteiger partial charge is 0.467 e. The maximum atomic E-state index is 12.1. The van der Waals surface area contributed by atoms with Gasteiger partial charge in [0.1, 0.15) is 5.54 Å². The average Bonchev–Trinajstić information content (AvgIpc) is 2.91. The third kappa shape index (κ3) is 3.39. The second-order valence-corrected chi connectivity index (χ2v) is 5.71. The first kappa shape index (κ1) is 14.2. The summed E-state index contributed by atoms with van der Waals surface area (Å²) >= 11 is 0. The summed E-state index contributed by atoms with van der Waals surface area (Å²) in [5.41, 5.74) is -0.810. The van der Waals surface area contributed by atoms with Crippen LogP contribution in [0.5, 0.6) is 0 Å². The molecule has 2 amide bonds. The highest BCUT2D eigenvalue weighted by Crippen LogP contribution is 2.29. The number of rotatable bonds is 3. The van der Waals surface area contributed by atoms with Gasteiger partial charge in [-0.15, -0.1) is 0 Å². The molecule has 0 spiro atoms. The van der Waals surface area contributed by atoms with Crippen molar-refractivity contribution in [2.75, 3.05) is 7.11 Å². The van der Waals surface area contributed by atoms with E-state index in [2.05, 4.69) is 10.6 Å². The van der Waals surface area contributed by atoms with E-state index in [1.165, 1.54) is 20.0 Å². The van der Waals surface area contributed by atoms with Crippen LogP contribution in [0.3, 0.4) is 0 Å². The minimum atomic E-state index is -0.810. The first-order valence-corrected chi connectivity index (χ1v) is 7.33. The second-order valence-electron chi connectivity index (χ2n) is 5.71. The Balaban J connectivity index is 1.94. The number of hydrogen-bond acceptors (Lipinski definition) is 3. The Labute approximate surface area is 114 Å². The molecule has 2 N–H and O–H groups in total. The molecule has 5 heteroatoms. The Kier molecular flexibility index (Phi) is 4.66. The van der Waals surface area contributed by atoms with Gasteiger partial charge in [0.25, 0.3) is 0 Å². The second kappa shape index (κ2) is 6.26. The van der Waals surface area contributed by atoms with Gasteiger partial charge in [-0.2, -0.15) is 0 Å². The predicted molar refractivity (Wildman–Crippen MR) is 71.8 cm³/mol. The molecular formula is C14H24N2O3. The number of esters is 1. The van der Waals surface area contributed by atoms with Gasteiger partial charge in [0.15, 0.2) is 0 Å². The lowest BCUT2D eigenvalue weighted by molar-refractivity contribution is -0.149. The minimum Gasteiger partial charge on any atom is -0.467 e. The van der Waals surface area contributed by atoms with Crippen molar-refractivity contribution in [1.82, 2.24) is 10.6 Å². The van der Waals surface area contributed by atoms with E-state index in [1.54, 1.807) is 0 Å². The van der Waals surface area contributed by atoms with Crippen molar-refractivity contribution < 1.29 is 14.3 Å². The quantitative estimate of drug-likeness (QED) is 0.770. The summed E-state index contributed by atoms with van der Waals surface area (Å²) in [7, 11) is 1.38. The van der Waals surface area contributed by atoms with E-state index in [-0.39, 0.29) is 18.0 Å². The standard InChI is InChI=1S/C14H24N2O3/c1-19-12(17)14(9-5-2-6-10-14)16-13(18)15-11-7-3-4-8-11/h11H,2-10H2,1H3,(H2,15,16,18). The molecule has 2 aliphatic rings. The molecule has 0 bridgehead atoms. The van der Waals surface area contributed by atoms with Crippen molar-refractivity contribution in [3.05, 3.63) is 0 Å². The summed E-state index contributed by atoms with van der Waals surface area (Å²) in [6.45, 7) is 0. The third-order valence-corrected chi connectivity index (χ3v) is 4.33. The van der Waals surface area contributed by atoms with Gasteiger partial charge in [-0.25, -0.2) is 9.59 Å². The van der Waals surface area contributed by atoms with Crippen LogP contribution in [-0.4, -0.2) is 30.7 Å². The van der Waals surface area contributed by atoms with E-state index in [1.807, 2.05) is 0 Å². The van der Waals surface area contributed by atoms with Crippen LogP contribution in [0.1, 0.15) is 57.8 Å². The van der Waals surface area contributed by atoms with Crippen LogP contribution >= 0.6 is 0 Å². The van der Waals surface area contributed by atoms with E-state index in [4.69, 9.17) is 4.74 Å². The molecule has 0 aromatic heterocycles. The minimum absolute atomic E-state index is 0.223. The Morgan fingerprint density at radius 1 is 1.05 bits per heavy atom. The Morgan fingerprint density at radius 2 is 1.68 bits per heavy atom. The highest BCUT2D eigenvalue weighted by Gasteiger charge is 2.42. The van der Waals surface area contributed by atoms with Crippen LogP contribution < -0.4 is 10.6 Å². The molecule has 0 aromatic rings.